The summed E-state index contributed by atoms with van der Waals surface area (Å²) >= 11 is 0. The van der Waals surface area contributed by atoms with Crippen molar-refractivity contribution in [2.75, 3.05) is 0 Å². The quantitative estimate of drug-likeness (QED) is 0.193. The van der Waals surface area contributed by atoms with E-state index in [4.69, 9.17) is 19.9 Å². The monoisotopic (exact) mass is 586 g/mol. The summed E-state index contributed by atoms with van der Waals surface area (Å²) in [6, 6.07) is 54.4. The van der Waals surface area contributed by atoms with Gasteiger partial charge in [-0.15, -0.1) is 0 Å². The second-order valence-corrected chi connectivity index (χ2v) is 11.5. The molecule has 0 saturated carbocycles. The van der Waals surface area contributed by atoms with Crippen molar-refractivity contribution < 1.29 is 0 Å². The third-order valence-corrected chi connectivity index (χ3v) is 8.66. The predicted molar refractivity (Wildman–Crippen MR) is 189 cm³/mol. The highest BCUT2D eigenvalue weighted by Gasteiger charge is 2.15. The zero-order valence-corrected chi connectivity index (χ0v) is 24.8. The van der Waals surface area contributed by atoms with Gasteiger partial charge in [0.05, 0.1) is 33.6 Å². The van der Waals surface area contributed by atoms with Crippen LogP contribution in [-0.2, 0) is 0 Å². The van der Waals surface area contributed by atoms with E-state index in [-0.39, 0.29) is 0 Å². The molecule has 0 unspecified atom stereocenters. The van der Waals surface area contributed by atoms with Crippen LogP contribution in [-0.4, -0.2) is 19.9 Å². The van der Waals surface area contributed by atoms with E-state index in [1.54, 1.807) is 0 Å². The number of benzene rings is 6. The number of hydrogen-bond acceptors (Lipinski definition) is 4. The molecule has 9 aromatic rings. The van der Waals surface area contributed by atoms with Gasteiger partial charge >= 0.3 is 0 Å². The number of fused-ring (bicyclic) bond motifs is 5. The van der Waals surface area contributed by atoms with Gasteiger partial charge in [0.25, 0.3) is 0 Å². The maximum absolute atomic E-state index is 5.24. The Morgan fingerprint density at radius 2 is 0.978 bits per heavy atom. The van der Waals surface area contributed by atoms with Gasteiger partial charge in [0.1, 0.15) is 0 Å². The Morgan fingerprint density at radius 3 is 1.76 bits per heavy atom. The molecule has 0 radical (unpaired) electrons. The molecule has 4 heteroatoms. The van der Waals surface area contributed by atoms with Crippen LogP contribution in [0.3, 0.4) is 0 Å². The molecule has 0 aliphatic heterocycles. The van der Waals surface area contributed by atoms with Crippen LogP contribution in [0.25, 0.3) is 88.6 Å². The minimum absolute atomic E-state index is 0.711. The molecule has 0 aliphatic rings. The fourth-order valence-corrected chi connectivity index (χ4v) is 6.35. The minimum Gasteiger partial charge on any atom is -0.245 e. The van der Waals surface area contributed by atoms with E-state index in [9.17, 15) is 0 Å². The van der Waals surface area contributed by atoms with Gasteiger partial charge in [-0.05, 0) is 35.0 Å². The molecule has 0 aliphatic carbocycles. The topological polar surface area (TPSA) is 51.6 Å². The van der Waals surface area contributed by atoms with Gasteiger partial charge in [0.2, 0.25) is 0 Å². The lowest BCUT2D eigenvalue weighted by atomic mass is 10.0. The third-order valence-electron chi connectivity index (χ3n) is 8.66. The van der Waals surface area contributed by atoms with Crippen LogP contribution in [0.4, 0.5) is 0 Å². The Bertz CT molecular complexity index is 2570. The van der Waals surface area contributed by atoms with Gasteiger partial charge in [-0.1, -0.05) is 133 Å². The summed E-state index contributed by atoms with van der Waals surface area (Å²) in [7, 11) is 0. The van der Waals surface area contributed by atoms with Crippen molar-refractivity contribution in [3.8, 4) is 45.2 Å². The molecule has 46 heavy (non-hydrogen) atoms. The average Bonchev–Trinajstić information content (AvgIpc) is 3.14. The van der Waals surface area contributed by atoms with E-state index in [0.717, 1.165) is 72.0 Å². The molecule has 4 nitrogen and oxygen atoms in total. The average molecular weight is 587 g/mol. The van der Waals surface area contributed by atoms with Gasteiger partial charge in [-0.25, -0.2) is 19.9 Å². The van der Waals surface area contributed by atoms with Crippen molar-refractivity contribution in [2.24, 2.45) is 0 Å². The third kappa shape index (κ3) is 4.47. The first-order valence-corrected chi connectivity index (χ1v) is 15.4. The SMILES string of the molecule is c1ccc(-c2nc(-c3ccccc3)c3cc(-c4ccc5ccc6ccc(-c7cccc8ccccc78)nc6c5n4)ccc3n2)cc1. The maximum Gasteiger partial charge on any atom is 0.160 e. The van der Waals surface area contributed by atoms with Crippen LogP contribution in [0.2, 0.25) is 0 Å². The zero-order valence-electron chi connectivity index (χ0n) is 24.8. The van der Waals surface area contributed by atoms with Crippen LogP contribution in [0, 0.1) is 0 Å². The lowest BCUT2D eigenvalue weighted by Crippen LogP contribution is -1.96. The fraction of sp³-hybridized carbons (Fsp3) is 0. The molecular formula is C42H26N4. The number of aromatic nitrogens is 4. The Balaban J connectivity index is 1.22. The number of rotatable bonds is 4. The summed E-state index contributed by atoms with van der Waals surface area (Å²) in [6.07, 6.45) is 0. The first-order valence-electron chi connectivity index (χ1n) is 15.4. The van der Waals surface area contributed by atoms with Crippen LogP contribution >= 0.6 is 0 Å². The highest BCUT2D eigenvalue weighted by atomic mass is 14.9. The van der Waals surface area contributed by atoms with Crippen molar-refractivity contribution in [1.29, 1.82) is 0 Å². The van der Waals surface area contributed by atoms with Crippen LogP contribution in [0.5, 0.6) is 0 Å². The van der Waals surface area contributed by atoms with Crippen molar-refractivity contribution in [3.05, 3.63) is 158 Å². The molecule has 9 rings (SSSR count). The Morgan fingerprint density at radius 1 is 0.348 bits per heavy atom. The van der Waals surface area contributed by atoms with Crippen molar-refractivity contribution in [3.63, 3.8) is 0 Å². The molecule has 3 aromatic heterocycles. The standard InChI is InChI=1S/C42H26N4/c1-3-11-28(12-4-1)39-35-26-32(22-25-38(35)45-42(46-39)31-13-5-2-6-14-31)36-23-20-29-18-19-30-21-24-37(44-41(30)40(29)43-36)34-17-9-15-27-10-7-8-16-33(27)34/h1-26H. The smallest absolute Gasteiger partial charge is 0.160 e. The van der Waals surface area contributed by atoms with Gasteiger partial charge in [0, 0.05) is 38.4 Å². The lowest BCUT2D eigenvalue weighted by Gasteiger charge is -2.12. The summed E-state index contributed by atoms with van der Waals surface area (Å²) in [6.45, 7) is 0. The highest BCUT2D eigenvalue weighted by molar-refractivity contribution is 6.05. The molecule has 214 valence electrons. The molecule has 0 amide bonds. The van der Waals surface area contributed by atoms with E-state index in [2.05, 4.69) is 109 Å². The van der Waals surface area contributed by atoms with Crippen molar-refractivity contribution in [1.82, 2.24) is 19.9 Å². The van der Waals surface area contributed by atoms with Gasteiger partial charge in [0.15, 0.2) is 5.82 Å². The lowest BCUT2D eigenvalue weighted by molar-refractivity contribution is 1.23. The molecule has 0 saturated heterocycles. The molecular weight excluding hydrogens is 560 g/mol. The second-order valence-electron chi connectivity index (χ2n) is 11.5. The zero-order chi connectivity index (χ0) is 30.5. The highest BCUT2D eigenvalue weighted by Crippen LogP contribution is 2.34. The normalized spacial score (nSPS) is 11.5. The minimum atomic E-state index is 0.711. The molecule has 6 aromatic carbocycles. The van der Waals surface area contributed by atoms with Crippen LogP contribution in [0.1, 0.15) is 0 Å². The summed E-state index contributed by atoms with van der Waals surface area (Å²) < 4.78 is 0. The summed E-state index contributed by atoms with van der Waals surface area (Å²) in [5.74, 6) is 0.711. The largest absolute Gasteiger partial charge is 0.245 e. The van der Waals surface area contributed by atoms with E-state index in [1.165, 1.54) is 10.8 Å². The van der Waals surface area contributed by atoms with Crippen molar-refractivity contribution >= 4 is 43.5 Å². The van der Waals surface area contributed by atoms with Crippen LogP contribution in [0.15, 0.2) is 158 Å². The number of hydrogen-bond donors (Lipinski definition) is 0. The van der Waals surface area contributed by atoms with Gasteiger partial charge in [-0.3, -0.25) is 0 Å². The first kappa shape index (κ1) is 26.2. The summed E-state index contributed by atoms with van der Waals surface area (Å²) in [4.78, 5) is 20.5. The molecule has 0 atom stereocenters. The van der Waals surface area contributed by atoms with E-state index in [1.807, 2.05) is 48.5 Å². The molecule has 0 bridgehead atoms. The van der Waals surface area contributed by atoms with Gasteiger partial charge < -0.3 is 0 Å². The summed E-state index contributed by atoms with van der Waals surface area (Å²) in [5, 5.41) is 5.49. The molecule has 3 heterocycles. The first-order chi connectivity index (χ1) is 22.8. The Kier molecular flexibility index (Phi) is 6.10. The van der Waals surface area contributed by atoms with E-state index < -0.39 is 0 Å². The number of pyridine rings is 2. The van der Waals surface area contributed by atoms with Gasteiger partial charge in [-0.2, -0.15) is 0 Å². The fourth-order valence-electron chi connectivity index (χ4n) is 6.35. The van der Waals surface area contributed by atoms with E-state index >= 15 is 0 Å². The summed E-state index contributed by atoms with van der Waals surface area (Å²) in [5.41, 5.74) is 9.55. The molecule has 0 spiro atoms. The number of nitrogens with zero attached hydrogens (tertiary/aromatic N) is 4. The predicted octanol–water partition coefficient (Wildman–Crippen LogP) is 10.5. The van der Waals surface area contributed by atoms with Crippen LogP contribution < -0.4 is 0 Å². The second kappa shape index (κ2) is 10.7. The van der Waals surface area contributed by atoms with E-state index in [0.29, 0.717) is 5.82 Å². The molecule has 0 N–H and O–H groups in total. The van der Waals surface area contributed by atoms with Crippen molar-refractivity contribution in [2.45, 2.75) is 0 Å². The maximum atomic E-state index is 5.24. The Labute approximate surface area is 265 Å². The Hall–Kier alpha value is -6.26. The molecule has 0 fully saturated rings.